The van der Waals surface area contributed by atoms with Gasteiger partial charge in [0, 0.05) is 23.1 Å². The molecule has 27 heavy (non-hydrogen) atoms. The zero-order valence-corrected chi connectivity index (χ0v) is 18.3. The molecule has 1 aromatic carbocycles. The van der Waals surface area contributed by atoms with Crippen LogP contribution in [0.3, 0.4) is 0 Å². The van der Waals surface area contributed by atoms with Crippen molar-refractivity contribution in [2.75, 3.05) is 0 Å². The number of aromatic nitrogens is 3. The molecule has 2 aromatic heterocycles. The highest BCUT2D eigenvalue weighted by molar-refractivity contribution is 7.98. The molecule has 3 rings (SSSR count). The summed E-state index contributed by atoms with van der Waals surface area (Å²) in [5.74, 6) is 0.724. The third-order valence-electron chi connectivity index (χ3n) is 4.00. The van der Waals surface area contributed by atoms with E-state index in [-0.39, 0.29) is 10.3 Å². The quantitative estimate of drug-likeness (QED) is 0.601. The van der Waals surface area contributed by atoms with Crippen LogP contribution in [0.2, 0.25) is 0 Å². The first-order valence-electron chi connectivity index (χ1n) is 8.70. The van der Waals surface area contributed by atoms with Gasteiger partial charge in [-0.3, -0.25) is 0 Å². The molecule has 0 unspecified atom stereocenters. The molecule has 3 aromatic rings. The summed E-state index contributed by atoms with van der Waals surface area (Å²) in [5, 5.41) is 9.33. The number of hydrogen-bond acceptors (Lipinski definition) is 6. The molecule has 2 N–H and O–H groups in total. The van der Waals surface area contributed by atoms with Gasteiger partial charge < -0.3 is 4.57 Å². The van der Waals surface area contributed by atoms with Crippen LogP contribution < -0.4 is 5.14 Å². The Balaban J connectivity index is 1.90. The van der Waals surface area contributed by atoms with Crippen LogP contribution in [0.4, 0.5) is 0 Å². The minimum absolute atomic E-state index is 0.0487. The summed E-state index contributed by atoms with van der Waals surface area (Å²) >= 11 is 3.30. The maximum atomic E-state index is 11.6. The number of aryl methyl sites for hydroxylation is 1. The van der Waals surface area contributed by atoms with Crippen LogP contribution in [-0.2, 0) is 27.7 Å². The number of rotatable bonds is 6. The smallest absolute Gasteiger partial charge is 0.238 e. The number of imidazole rings is 1. The largest absolute Gasteiger partial charge is 0.319 e. The molecule has 0 fully saturated rings. The second-order valence-corrected chi connectivity index (χ2v) is 10.8. The fourth-order valence-electron chi connectivity index (χ4n) is 2.67. The van der Waals surface area contributed by atoms with Gasteiger partial charge in [0.1, 0.15) is 0 Å². The monoisotopic (exact) mass is 424 g/mol. The molecular weight excluding hydrogens is 400 g/mol. The second-order valence-electron chi connectivity index (χ2n) is 7.42. The molecule has 0 radical (unpaired) electrons. The number of nitrogens with two attached hydrogens (primary N) is 1. The van der Waals surface area contributed by atoms with Gasteiger partial charge in [-0.05, 0) is 24.6 Å². The van der Waals surface area contributed by atoms with Gasteiger partial charge in [0.05, 0.1) is 26.6 Å². The van der Waals surface area contributed by atoms with E-state index in [9.17, 15) is 8.42 Å². The molecule has 0 aliphatic rings. The van der Waals surface area contributed by atoms with E-state index in [1.807, 2.05) is 0 Å². The summed E-state index contributed by atoms with van der Waals surface area (Å²) in [6.07, 6.45) is 0.959. The Morgan fingerprint density at radius 2 is 2.00 bits per heavy atom. The summed E-state index contributed by atoms with van der Waals surface area (Å²) in [6, 6.07) is 4.86. The molecule has 0 bridgehead atoms. The van der Waals surface area contributed by atoms with E-state index in [1.165, 1.54) is 6.07 Å². The predicted octanol–water partition coefficient (Wildman–Crippen LogP) is 4.14. The number of benzene rings is 1. The summed E-state index contributed by atoms with van der Waals surface area (Å²) in [6.45, 7) is 9.40. The van der Waals surface area contributed by atoms with E-state index in [1.54, 1.807) is 35.2 Å². The zero-order chi connectivity index (χ0) is 19.8. The Morgan fingerprint density at radius 3 is 2.59 bits per heavy atom. The lowest BCUT2D eigenvalue weighted by molar-refractivity contribution is 0.584. The van der Waals surface area contributed by atoms with Crippen molar-refractivity contribution in [3.63, 3.8) is 0 Å². The highest BCUT2D eigenvalue weighted by Crippen LogP contribution is 2.31. The van der Waals surface area contributed by atoms with E-state index in [4.69, 9.17) is 10.1 Å². The molecule has 0 saturated heterocycles. The highest BCUT2D eigenvalue weighted by atomic mass is 32.2. The van der Waals surface area contributed by atoms with Crippen molar-refractivity contribution < 1.29 is 8.42 Å². The minimum Gasteiger partial charge on any atom is -0.319 e. The number of fused-ring (bicyclic) bond motifs is 1. The molecule has 146 valence electrons. The van der Waals surface area contributed by atoms with Gasteiger partial charge in [-0.25, -0.2) is 23.5 Å². The van der Waals surface area contributed by atoms with Crippen molar-refractivity contribution in [1.82, 2.24) is 14.5 Å². The molecular formula is C18H24N4O2S3. The number of nitrogens with zero attached hydrogens (tertiary/aromatic N) is 3. The van der Waals surface area contributed by atoms with Gasteiger partial charge in [-0.1, -0.05) is 39.5 Å². The van der Waals surface area contributed by atoms with Gasteiger partial charge in [-0.15, -0.1) is 11.3 Å². The van der Waals surface area contributed by atoms with Crippen LogP contribution >= 0.6 is 23.1 Å². The Hall–Kier alpha value is -1.42. The van der Waals surface area contributed by atoms with Crippen molar-refractivity contribution in [2.24, 2.45) is 5.14 Å². The van der Waals surface area contributed by atoms with Crippen LogP contribution in [-0.4, -0.2) is 23.0 Å². The van der Waals surface area contributed by atoms with Gasteiger partial charge in [0.2, 0.25) is 10.0 Å². The van der Waals surface area contributed by atoms with Crippen molar-refractivity contribution >= 4 is 44.2 Å². The Bertz CT molecular complexity index is 1060. The van der Waals surface area contributed by atoms with Gasteiger partial charge in [0.25, 0.3) is 0 Å². The number of thiazole rings is 1. The van der Waals surface area contributed by atoms with Crippen LogP contribution in [0.5, 0.6) is 0 Å². The average Bonchev–Trinajstić information content (AvgIpc) is 3.17. The maximum Gasteiger partial charge on any atom is 0.238 e. The second kappa shape index (κ2) is 7.54. The number of thioether (sulfide) groups is 1. The van der Waals surface area contributed by atoms with E-state index >= 15 is 0 Å². The van der Waals surface area contributed by atoms with Crippen molar-refractivity contribution in [3.8, 4) is 0 Å². The molecule has 0 atom stereocenters. The zero-order valence-electron chi connectivity index (χ0n) is 15.9. The van der Waals surface area contributed by atoms with E-state index in [0.717, 1.165) is 40.1 Å². The number of hydrogen-bond donors (Lipinski definition) is 1. The SMILES string of the molecule is CCCn1c(SCc2csc(C(C)(C)C)n2)nc2cc(S(N)(=O)=O)ccc21. The van der Waals surface area contributed by atoms with E-state index in [2.05, 4.69) is 42.6 Å². The Kier molecular flexibility index (Phi) is 5.67. The minimum atomic E-state index is -3.74. The number of sulfonamides is 1. The van der Waals surface area contributed by atoms with Crippen LogP contribution in [0.25, 0.3) is 11.0 Å². The molecule has 2 heterocycles. The standard InChI is InChI=1S/C18H24N4O2S3/c1-5-8-22-15-7-6-13(27(19,23)24)9-14(15)21-17(22)26-11-12-10-25-16(20-12)18(2,3)4/h6-7,9-10H,5,8,11H2,1-4H3,(H2,19,23,24). The fourth-order valence-corrected chi connectivity index (χ4v) is 5.15. The van der Waals surface area contributed by atoms with E-state index in [0.29, 0.717) is 5.52 Å². The van der Waals surface area contributed by atoms with Crippen molar-refractivity contribution in [3.05, 3.63) is 34.3 Å². The Labute approximate surface area is 168 Å². The molecule has 0 aliphatic heterocycles. The van der Waals surface area contributed by atoms with Crippen LogP contribution in [0, 0.1) is 0 Å². The average molecular weight is 425 g/mol. The lowest BCUT2D eigenvalue weighted by atomic mass is 9.98. The highest BCUT2D eigenvalue weighted by Gasteiger charge is 2.19. The topological polar surface area (TPSA) is 90.9 Å². The third kappa shape index (κ3) is 4.53. The molecule has 0 aliphatic carbocycles. The molecule has 0 saturated carbocycles. The molecule has 0 amide bonds. The van der Waals surface area contributed by atoms with Crippen LogP contribution in [0.15, 0.2) is 33.6 Å². The fraction of sp³-hybridized carbons (Fsp3) is 0.444. The van der Waals surface area contributed by atoms with Gasteiger partial charge >= 0.3 is 0 Å². The van der Waals surface area contributed by atoms with Gasteiger partial charge in [0.15, 0.2) is 5.16 Å². The number of primary sulfonamides is 1. The Morgan fingerprint density at radius 1 is 1.26 bits per heavy atom. The van der Waals surface area contributed by atoms with Crippen LogP contribution in [0.1, 0.15) is 44.8 Å². The first-order valence-corrected chi connectivity index (χ1v) is 12.1. The molecule has 9 heteroatoms. The summed E-state index contributed by atoms with van der Waals surface area (Å²) < 4.78 is 25.4. The van der Waals surface area contributed by atoms with Crippen molar-refractivity contribution in [1.29, 1.82) is 0 Å². The summed E-state index contributed by atoms with van der Waals surface area (Å²) in [7, 11) is -3.74. The van der Waals surface area contributed by atoms with E-state index < -0.39 is 10.0 Å². The maximum absolute atomic E-state index is 11.6. The van der Waals surface area contributed by atoms with Gasteiger partial charge in [-0.2, -0.15) is 0 Å². The third-order valence-corrected chi connectivity index (χ3v) is 7.24. The lowest BCUT2D eigenvalue weighted by Gasteiger charge is -2.13. The summed E-state index contributed by atoms with van der Waals surface area (Å²) in [5.41, 5.74) is 2.65. The first-order chi connectivity index (χ1) is 12.6. The first kappa shape index (κ1) is 20.3. The van der Waals surface area contributed by atoms with Crippen molar-refractivity contribution in [2.45, 2.75) is 61.9 Å². The molecule has 6 nitrogen and oxygen atoms in total. The lowest BCUT2D eigenvalue weighted by Crippen LogP contribution is -2.11. The summed E-state index contributed by atoms with van der Waals surface area (Å²) in [4.78, 5) is 9.48. The predicted molar refractivity (Wildman–Crippen MR) is 112 cm³/mol. The molecule has 0 spiro atoms. The normalized spacial score (nSPS) is 12.8.